The van der Waals surface area contributed by atoms with Crippen LogP contribution in [0.5, 0.6) is 0 Å². The summed E-state index contributed by atoms with van der Waals surface area (Å²) in [7, 11) is 1.24. The van der Waals surface area contributed by atoms with Crippen LogP contribution < -0.4 is 10.7 Å². The number of benzene rings is 1. The summed E-state index contributed by atoms with van der Waals surface area (Å²) < 4.78 is 16.4. The zero-order valence-corrected chi connectivity index (χ0v) is 21.4. The van der Waals surface area contributed by atoms with Gasteiger partial charge in [-0.3, -0.25) is 14.4 Å². The SMILES string of the molecule is CC[C@H](C)OC(=O)C1=C(C)NC2=C(C(=O)[C@@H](C(=O)OC)[C@@H](C)C2)[C@@H]1c1coc2ccc(C)cc2c1=O. The maximum Gasteiger partial charge on any atom is 0.337 e. The quantitative estimate of drug-likeness (QED) is 0.490. The Balaban J connectivity index is 1.97. The Morgan fingerprint density at radius 3 is 2.61 bits per heavy atom. The molecule has 0 bridgehead atoms. The fraction of sp³-hybridized carbons (Fsp3) is 0.429. The molecule has 4 atom stereocenters. The Morgan fingerprint density at radius 1 is 1.22 bits per heavy atom. The number of carbonyl (C=O) groups excluding carboxylic acids is 3. The van der Waals surface area contributed by atoms with E-state index in [1.165, 1.54) is 13.4 Å². The molecule has 0 amide bonds. The number of aryl methyl sites for hydroxylation is 1. The predicted molar refractivity (Wildman–Crippen MR) is 133 cm³/mol. The molecular weight excluding hydrogens is 462 g/mol. The zero-order chi connectivity index (χ0) is 26.3. The standard InChI is InChI=1S/C28H31NO7/c1-7-15(4)36-28(33)22-16(5)29-19-11-14(3)21(27(32)34-6)26(31)24(19)23(22)18-12-35-20-9-8-13(2)10-17(20)25(18)30/h8-10,12,14-15,21,23,29H,7,11H2,1-6H3/t14-,15-,21-,23+/m0/s1. The number of allylic oxidation sites excluding steroid dienone is 3. The number of methoxy groups -OCH3 is 1. The smallest absolute Gasteiger partial charge is 0.337 e. The number of carbonyl (C=O) groups is 3. The summed E-state index contributed by atoms with van der Waals surface area (Å²) in [5, 5.41) is 3.55. The molecule has 8 heteroatoms. The molecule has 36 heavy (non-hydrogen) atoms. The highest BCUT2D eigenvalue weighted by atomic mass is 16.5. The minimum absolute atomic E-state index is 0.143. The van der Waals surface area contributed by atoms with Gasteiger partial charge in [0, 0.05) is 22.5 Å². The van der Waals surface area contributed by atoms with Crippen LogP contribution in [0.1, 0.15) is 57.6 Å². The summed E-state index contributed by atoms with van der Waals surface area (Å²) in [5.74, 6) is -4.17. The van der Waals surface area contributed by atoms with Crippen molar-refractivity contribution < 1.29 is 28.3 Å². The predicted octanol–water partition coefficient (Wildman–Crippen LogP) is 4.06. The van der Waals surface area contributed by atoms with Gasteiger partial charge in [0.2, 0.25) is 0 Å². The molecule has 1 aromatic carbocycles. The number of ketones is 1. The van der Waals surface area contributed by atoms with Crippen molar-refractivity contribution >= 4 is 28.7 Å². The Bertz CT molecular complexity index is 1380. The number of dihydropyridines is 1. The van der Waals surface area contributed by atoms with Crippen LogP contribution in [0.15, 0.2) is 56.2 Å². The monoisotopic (exact) mass is 493 g/mol. The molecule has 1 aromatic heterocycles. The first kappa shape index (κ1) is 25.4. The number of hydrogen-bond acceptors (Lipinski definition) is 8. The maximum absolute atomic E-state index is 13.8. The van der Waals surface area contributed by atoms with Crippen LogP contribution in [0, 0.1) is 18.8 Å². The van der Waals surface area contributed by atoms with E-state index in [4.69, 9.17) is 13.9 Å². The molecule has 0 fully saturated rings. The first-order valence-corrected chi connectivity index (χ1v) is 12.1. The van der Waals surface area contributed by atoms with Crippen molar-refractivity contribution in [3.63, 3.8) is 0 Å². The third-order valence-corrected chi connectivity index (χ3v) is 7.11. The first-order chi connectivity index (χ1) is 17.1. The van der Waals surface area contributed by atoms with Crippen LogP contribution in [-0.4, -0.2) is 30.9 Å². The van der Waals surface area contributed by atoms with Crippen LogP contribution in [0.25, 0.3) is 11.0 Å². The van der Waals surface area contributed by atoms with Crippen molar-refractivity contribution in [3.05, 3.63) is 68.4 Å². The summed E-state index contributed by atoms with van der Waals surface area (Å²) in [4.78, 5) is 53.6. The van der Waals surface area contributed by atoms with E-state index >= 15 is 0 Å². The Kier molecular flexibility index (Phi) is 6.89. The van der Waals surface area contributed by atoms with Crippen LogP contribution >= 0.6 is 0 Å². The van der Waals surface area contributed by atoms with Gasteiger partial charge >= 0.3 is 11.9 Å². The molecule has 2 aromatic rings. The lowest BCUT2D eigenvalue weighted by Gasteiger charge is -2.38. The van der Waals surface area contributed by atoms with E-state index in [1.807, 2.05) is 19.9 Å². The second-order valence-electron chi connectivity index (χ2n) is 9.68. The van der Waals surface area contributed by atoms with E-state index in [0.717, 1.165) is 5.56 Å². The van der Waals surface area contributed by atoms with Crippen LogP contribution in [0.4, 0.5) is 0 Å². The molecule has 1 aliphatic carbocycles. The number of ether oxygens (including phenoxy) is 2. The number of fused-ring (bicyclic) bond motifs is 1. The molecule has 8 nitrogen and oxygen atoms in total. The second-order valence-corrected chi connectivity index (χ2v) is 9.68. The van der Waals surface area contributed by atoms with Gasteiger partial charge in [0.25, 0.3) is 0 Å². The van der Waals surface area contributed by atoms with Gasteiger partial charge in [-0.15, -0.1) is 0 Å². The average molecular weight is 494 g/mol. The molecule has 4 rings (SSSR count). The minimum Gasteiger partial charge on any atom is -0.468 e. The van der Waals surface area contributed by atoms with Crippen molar-refractivity contribution in [2.45, 2.75) is 59.5 Å². The van der Waals surface area contributed by atoms with Gasteiger partial charge in [-0.05, 0) is 51.7 Å². The van der Waals surface area contributed by atoms with Crippen LogP contribution in [-0.2, 0) is 23.9 Å². The Morgan fingerprint density at radius 2 is 1.94 bits per heavy atom. The van der Waals surface area contributed by atoms with Crippen molar-refractivity contribution in [1.82, 2.24) is 5.32 Å². The normalized spacial score (nSPS) is 22.7. The van der Waals surface area contributed by atoms with Gasteiger partial charge in [0.15, 0.2) is 11.2 Å². The summed E-state index contributed by atoms with van der Waals surface area (Å²) in [6, 6.07) is 5.27. The topological polar surface area (TPSA) is 112 Å². The number of hydrogen-bond donors (Lipinski definition) is 1. The molecule has 190 valence electrons. The highest BCUT2D eigenvalue weighted by Crippen LogP contribution is 2.45. The molecule has 2 aliphatic rings. The van der Waals surface area contributed by atoms with E-state index in [0.29, 0.717) is 35.2 Å². The van der Waals surface area contributed by atoms with Crippen LogP contribution in [0.3, 0.4) is 0 Å². The lowest BCUT2D eigenvalue weighted by atomic mass is 9.69. The maximum atomic E-state index is 13.8. The third-order valence-electron chi connectivity index (χ3n) is 7.11. The Hall–Kier alpha value is -3.68. The highest BCUT2D eigenvalue weighted by molar-refractivity contribution is 6.12. The Labute approximate surface area is 209 Å². The lowest BCUT2D eigenvalue weighted by Crippen LogP contribution is -2.44. The lowest BCUT2D eigenvalue weighted by molar-refractivity contribution is -0.151. The largest absolute Gasteiger partial charge is 0.468 e. The first-order valence-electron chi connectivity index (χ1n) is 12.1. The average Bonchev–Trinajstić information content (AvgIpc) is 2.83. The molecule has 2 heterocycles. The van der Waals surface area contributed by atoms with Gasteiger partial charge in [0.05, 0.1) is 36.4 Å². The van der Waals surface area contributed by atoms with Gasteiger partial charge in [-0.25, -0.2) is 4.79 Å². The number of esters is 2. The zero-order valence-electron chi connectivity index (χ0n) is 21.4. The number of nitrogens with one attached hydrogen (secondary N) is 1. The van der Waals surface area contributed by atoms with E-state index < -0.39 is 29.6 Å². The molecule has 0 unspecified atom stereocenters. The van der Waals surface area contributed by atoms with Crippen LogP contribution in [0.2, 0.25) is 0 Å². The molecule has 1 N–H and O–H groups in total. The molecule has 1 aliphatic heterocycles. The fourth-order valence-corrected chi connectivity index (χ4v) is 5.05. The molecule has 0 saturated heterocycles. The van der Waals surface area contributed by atoms with E-state index in [9.17, 15) is 19.2 Å². The highest BCUT2D eigenvalue weighted by Gasteiger charge is 2.48. The van der Waals surface area contributed by atoms with E-state index in [1.54, 1.807) is 32.9 Å². The summed E-state index contributed by atoms with van der Waals surface area (Å²) in [6.45, 7) is 9.06. The summed E-state index contributed by atoms with van der Waals surface area (Å²) in [6.07, 6.45) is 1.92. The number of rotatable bonds is 5. The second kappa shape index (κ2) is 9.76. The van der Waals surface area contributed by atoms with Crippen molar-refractivity contribution in [1.29, 1.82) is 0 Å². The fourth-order valence-electron chi connectivity index (χ4n) is 5.05. The molecule has 0 saturated carbocycles. The van der Waals surface area contributed by atoms with Crippen molar-refractivity contribution in [2.24, 2.45) is 11.8 Å². The summed E-state index contributed by atoms with van der Waals surface area (Å²) in [5.41, 5.74) is 2.49. The van der Waals surface area contributed by atoms with E-state index in [-0.39, 0.29) is 34.2 Å². The third kappa shape index (κ3) is 4.25. The van der Waals surface area contributed by atoms with Gasteiger partial charge in [-0.2, -0.15) is 0 Å². The molecular formula is C28H31NO7. The molecule has 0 spiro atoms. The van der Waals surface area contributed by atoms with Gasteiger partial charge in [-0.1, -0.05) is 25.5 Å². The van der Waals surface area contributed by atoms with Crippen molar-refractivity contribution in [2.75, 3.05) is 7.11 Å². The van der Waals surface area contributed by atoms with Crippen molar-refractivity contribution in [3.8, 4) is 0 Å². The van der Waals surface area contributed by atoms with E-state index in [2.05, 4.69) is 5.32 Å². The minimum atomic E-state index is -1.05. The van der Waals surface area contributed by atoms with Gasteiger partial charge < -0.3 is 19.2 Å². The van der Waals surface area contributed by atoms with Gasteiger partial charge in [0.1, 0.15) is 11.5 Å². The molecule has 0 radical (unpaired) electrons. The number of Topliss-reactive ketones (excluding diaryl/α,β-unsaturated/α-hetero) is 1. The summed E-state index contributed by atoms with van der Waals surface area (Å²) >= 11 is 0.